The number of para-hydroxylation sites is 2. The highest BCUT2D eigenvalue weighted by Gasteiger charge is 2.08. The van der Waals surface area contributed by atoms with E-state index in [9.17, 15) is 4.79 Å². The number of nitrogen functional groups attached to an aromatic ring is 1. The molecular weight excluding hydrogens is 264 g/mol. The number of nitrogens with two attached hydrogens (primary N) is 1. The Morgan fingerprint density at radius 2 is 1.71 bits per heavy atom. The van der Waals surface area contributed by atoms with E-state index in [0.29, 0.717) is 16.9 Å². The van der Waals surface area contributed by atoms with Gasteiger partial charge >= 0.3 is 0 Å². The summed E-state index contributed by atoms with van der Waals surface area (Å²) in [5.41, 5.74) is 9.52. The Kier molecular flexibility index (Phi) is 3.43. The Labute approximate surface area is 122 Å². The molecule has 0 radical (unpaired) electrons. The number of furan rings is 1. The van der Waals surface area contributed by atoms with Crippen molar-refractivity contribution in [3.05, 3.63) is 72.7 Å². The molecule has 104 valence electrons. The van der Waals surface area contributed by atoms with Gasteiger partial charge in [-0.2, -0.15) is 0 Å². The zero-order valence-electron chi connectivity index (χ0n) is 11.2. The van der Waals surface area contributed by atoms with Crippen molar-refractivity contribution in [2.24, 2.45) is 0 Å². The molecule has 3 N–H and O–H groups in total. The predicted octanol–water partition coefficient (Wildman–Crippen LogP) is 3.78. The Balaban J connectivity index is 1.78. The average Bonchev–Trinajstić information content (AvgIpc) is 3.04. The van der Waals surface area contributed by atoms with Crippen LogP contribution in [0.25, 0.3) is 11.1 Å². The number of benzene rings is 2. The molecule has 0 spiro atoms. The molecule has 1 aromatic heterocycles. The van der Waals surface area contributed by atoms with Crippen LogP contribution < -0.4 is 11.1 Å². The highest BCUT2D eigenvalue weighted by atomic mass is 16.3. The van der Waals surface area contributed by atoms with Crippen LogP contribution in [0, 0.1) is 0 Å². The summed E-state index contributed by atoms with van der Waals surface area (Å²) >= 11 is 0. The minimum absolute atomic E-state index is 0.188. The Bertz CT molecular complexity index is 747. The third-order valence-electron chi connectivity index (χ3n) is 3.21. The first-order chi connectivity index (χ1) is 10.2. The summed E-state index contributed by atoms with van der Waals surface area (Å²) in [5, 5.41) is 2.80. The highest BCUT2D eigenvalue weighted by Crippen LogP contribution is 2.21. The summed E-state index contributed by atoms with van der Waals surface area (Å²) in [5.74, 6) is -0.188. The Morgan fingerprint density at radius 1 is 0.952 bits per heavy atom. The van der Waals surface area contributed by atoms with Gasteiger partial charge < -0.3 is 15.5 Å². The first kappa shape index (κ1) is 13.0. The summed E-state index contributed by atoms with van der Waals surface area (Å²) in [7, 11) is 0. The van der Waals surface area contributed by atoms with Crippen LogP contribution in [0.1, 0.15) is 10.4 Å². The molecular formula is C17H14N2O2. The summed E-state index contributed by atoms with van der Waals surface area (Å²) in [4.78, 5) is 12.2. The predicted molar refractivity (Wildman–Crippen MR) is 83.0 cm³/mol. The third kappa shape index (κ3) is 2.79. The molecule has 3 aromatic rings. The molecule has 0 aliphatic rings. The number of hydrogen-bond acceptors (Lipinski definition) is 3. The number of hydrogen-bond donors (Lipinski definition) is 2. The van der Waals surface area contributed by atoms with E-state index in [2.05, 4.69) is 5.32 Å². The summed E-state index contributed by atoms with van der Waals surface area (Å²) in [6.45, 7) is 0. The number of anilines is 2. The van der Waals surface area contributed by atoms with E-state index >= 15 is 0 Å². The lowest BCUT2D eigenvalue weighted by atomic mass is 10.1. The Hall–Kier alpha value is -3.01. The molecule has 4 heteroatoms. The van der Waals surface area contributed by atoms with Crippen molar-refractivity contribution in [3.8, 4) is 11.1 Å². The lowest BCUT2D eigenvalue weighted by Gasteiger charge is -2.08. The number of rotatable bonds is 3. The van der Waals surface area contributed by atoms with E-state index in [1.54, 1.807) is 36.8 Å². The lowest BCUT2D eigenvalue weighted by molar-refractivity contribution is 0.102. The van der Waals surface area contributed by atoms with E-state index in [1.807, 2.05) is 30.3 Å². The van der Waals surface area contributed by atoms with Crippen molar-refractivity contribution in [1.29, 1.82) is 0 Å². The maximum atomic E-state index is 12.2. The second-order valence-corrected chi connectivity index (χ2v) is 4.63. The smallest absolute Gasteiger partial charge is 0.255 e. The first-order valence-corrected chi connectivity index (χ1v) is 6.52. The zero-order valence-corrected chi connectivity index (χ0v) is 11.2. The van der Waals surface area contributed by atoms with Gasteiger partial charge in [-0.05, 0) is 35.9 Å². The van der Waals surface area contributed by atoms with Gasteiger partial charge in [-0.3, -0.25) is 4.79 Å². The fourth-order valence-corrected chi connectivity index (χ4v) is 2.05. The van der Waals surface area contributed by atoms with Crippen LogP contribution in [-0.4, -0.2) is 5.91 Å². The van der Waals surface area contributed by atoms with Gasteiger partial charge in [-0.15, -0.1) is 0 Å². The van der Waals surface area contributed by atoms with Gasteiger partial charge in [0.2, 0.25) is 0 Å². The number of nitrogens with one attached hydrogen (secondary N) is 1. The molecule has 0 aliphatic carbocycles. The van der Waals surface area contributed by atoms with Crippen LogP contribution in [-0.2, 0) is 0 Å². The fraction of sp³-hybridized carbons (Fsp3) is 0. The Morgan fingerprint density at radius 3 is 2.38 bits per heavy atom. The summed E-state index contributed by atoms with van der Waals surface area (Å²) in [6, 6.07) is 16.4. The normalized spacial score (nSPS) is 10.3. The maximum absolute atomic E-state index is 12.2. The first-order valence-electron chi connectivity index (χ1n) is 6.52. The molecule has 1 amide bonds. The highest BCUT2D eigenvalue weighted by molar-refractivity contribution is 6.05. The van der Waals surface area contributed by atoms with E-state index in [1.165, 1.54) is 0 Å². The van der Waals surface area contributed by atoms with E-state index in [4.69, 9.17) is 10.2 Å². The average molecular weight is 278 g/mol. The van der Waals surface area contributed by atoms with Gasteiger partial charge in [0, 0.05) is 11.1 Å². The fourth-order valence-electron chi connectivity index (χ4n) is 2.05. The molecule has 0 atom stereocenters. The topological polar surface area (TPSA) is 68.3 Å². The van der Waals surface area contributed by atoms with Gasteiger partial charge in [0.05, 0.1) is 23.9 Å². The van der Waals surface area contributed by atoms with Crippen molar-refractivity contribution < 1.29 is 9.21 Å². The molecule has 21 heavy (non-hydrogen) atoms. The van der Waals surface area contributed by atoms with Crippen molar-refractivity contribution in [2.45, 2.75) is 0 Å². The molecule has 0 bridgehead atoms. The van der Waals surface area contributed by atoms with Crippen LogP contribution in [0.2, 0.25) is 0 Å². The minimum Gasteiger partial charge on any atom is -0.472 e. The molecule has 0 saturated heterocycles. The molecule has 4 nitrogen and oxygen atoms in total. The van der Waals surface area contributed by atoms with Gasteiger partial charge in [0.1, 0.15) is 0 Å². The summed E-state index contributed by atoms with van der Waals surface area (Å²) < 4.78 is 5.05. The second kappa shape index (κ2) is 5.54. The molecule has 1 heterocycles. The molecule has 0 unspecified atom stereocenters. The van der Waals surface area contributed by atoms with E-state index < -0.39 is 0 Å². The minimum atomic E-state index is -0.188. The number of amides is 1. The van der Waals surface area contributed by atoms with Crippen LogP contribution >= 0.6 is 0 Å². The largest absolute Gasteiger partial charge is 0.472 e. The van der Waals surface area contributed by atoms with Crippen LogP contribution in [0.4, 0.5) is 11.4 Å². The van der Waals surface area contributed by atoms with Crippen molar-refractivity contribution in [2.75, 3.05) is 11.1 Å². The lowest BCUT2D eigenvalue weighted by Crippen LogP contribution is -2.12. The molecule has 2 aromatic carbocycles. The van der Waals surface area contributed by atoms with Crippen LogP contribution in [0.5, 0.6) is 0 Å². The molecule has 0 saturated carbocycles. The van der Waals surface area contributed by atoms with Gasteiger partial charge in [0.25, 0.3) is 5.91 Å². The third-order valence-corrected chi connectivity index (χ3v) is 3.21. The maximum Gasteiger partial charge on any atom is 0.255 e. The van der Waals surface area contributed by atoms with E-state index in [0.717, 1.165) is 11.1 Å². The summed E-state index contributed by atoms with van der Waals surface area (Å²) in [6.07, 6.45) is 3.29. The standard InChI is InChI=1S/C17H14N2O2/c18-15-3-1-2-4-16(15)19-17(20)13-7-5-12(6-8-13)14-9-10-21-11-14/h1-11H,18H2,(H,19,20). The molecule has 0 aliphatic heterocycles. The SMILES string of the molecule is Nc1ccccc1NC(=O)c1ccc(-c2ccoc2)cc1. The van der Waals surface area contributed by atoms with Gasteiger partial charge in [-0.25, -0.2) is 0 Å². The monoisotopic (exact) mass is 278 g/mol. The van der Waals surface area contributed by atoms with Crippen molar-refractivity contribution in [3.63, 3.8) is 0 Å². The number of carbonyl (C=O) groups is 1. The zero-order chi connectivity index (χ0) is 14.7. The van der Waals surface area contributed by atoms with Crippen LogP contribution in [0.15, 0.2) is 71.5 Å². The van der Waals surface area contributed by atoms with Gasteiger partial charge in [-0.1, -0.05) is 24.3 Å². The van der Waals surface area contributed by atoms with Crippen molar-refractivity contribution in [1.82, 2.24) is 0 Å². The van der Waals surface area contributed by atoms with Crippen molar-refractivity contribution >= 4 is 17.3 Å². The number of carbonyl (C=O) groups excluding carboxylic acids is 1. The van der Waals surface area contributed by atoms with Gasteiger partial charge in [0.15, 0.2) is 0 Å². The molecule has 0 fully saturated rings. The second-order valence-electron chi connectivity index (χ2n) is 4.63. The van der Waals surface area contributed by atoms with E-state index in [-0.39, 0.29) is 5.91 Å². The van der Waals surface area contributed by atoms with Crippen LogP contribution in [0.3, 0.4) is 0 Å². The molecule has 3 rings (SSSR count). The quantitative estimate of drug-likeness (QED) is 0.716.